The quantitative estimate of drug-likeness (QED) is 0.846. The number of amides is 1. The van der Waals surface area contributed by atoms with E-state index in [-0.39, 0.29) is 16.7 Å². The molecule has 3 N–H and O–H groups in total. The normalized spacial score (nSPS) is 18.8. The molecule has 1 aliphatic heterocycles. The van der Waals surface area contributed by atoms with Crippen LogP contribution < -0.4 is 10.5 Å². The molecule has 9 heteroatoms. The van der Waals surface area contributed by atoms with E-state index in [0.717, 1.165) is 0 Å². The van der Waals surface area contributed by atoms with Crippen LogP contribution in [0.15, 0.2) is 17.0 Å². The largest absolute Gasteiger partial charge is 0.503 e. The van der Waals surface area contributed by atoms with Gasteiger partial charge in [-0.3, -0.25) is 0 Å². The van der Waals surface area contributed by atoms with Crippen molar-refractivity contribution in [3.8, 4) is 11.5 Å². The van der Waals surface area contributed by atoms with Crippen molar-refractivity contribution >= 4 is 27.5 Å². The van der Waals surface area contributed by atoms with Crippen molar-refractivity contribution in [1.29, 1.82) is 0 Å². The van der Waals surface area contributed by atoms with Crippen molar-refractivity contribution in [2.24, 2.45) is 11.7 Å². The van der Waals surface area contributed by atoms with Crippen LogP contribution in [0.4, 0.5) is 4.79 Å². The van der Waals surface area contributed by atoms with Gasteiger partial charge in [-0.15, -0.1) is 0 Å². The molecular formula is C14H18ClNO6S. The molecule has 0 bridgehead atoms. The van der Waals surface area contributed by atoms with Gasteiger partial charge in [0.2, 0.25) is 0 Å². The number of benzene rings is 1. The molecule has 1 aromatic rings. The van der Waals surface area contributed by atoms with E-state index >= 15 is 0 Å². The summed E-state index contributed by atoms with van der Waals surface area (Å²) in [6.07, 6.45) is -0.586. The lowest BCUT2D eigenvalue weighted by Crippen LogP contribution is -2.40. The average molecular weight is 364 g/mol. The molecule has 1 fully saturated rings. The predicted molar refractivity (Wildman–Crippen MR) is 83.5 cm³/mol. The summed E-state index contributed by atoms with van der Waals surface area (Å²) < 4.78 is 34.8. The first-order valence-electron chi connectivity index (χ1n) is 6.90. The Bertz CT molecular complexity index is 725. The van der Waals surface area contributed by atoms with Crippen molar-refractivity contribution < 1.29 is 27.8 Å². The molecular weight excluding hydrogens is 346 g/mol. The van der Waals surface area contributed by atoms with Crippen molar-refractivity contribution in [2.75, 3.05) is 13.2 Å². The minimum atomic E-state index is -4.04. The third kappa shape index (κ3) is 3.11. The molecule has 2 rings (SSSR count). The summed E-state index contributed by atoms with van der Waals surface area (Å²) in [6.45, 7) is 3.90. The Labute approximate surface area is 139 Å². The van der Waals surface area contributed by atoms with E-state index in [9.17, 15) is 18.3 Å². The number of primary amides is 1. The maximum Gasteiger partial charge on any atom is 0.410 e. The number of hydrogen-bond acceptors (Lipinski definition) is 6. The molecule has 128 valence electrons. The van der Waals surface area contributed by atoms with E-state index in [0.29, 0.717) is 19.6 Å². The Morgan fingerprint density at radius 3 is 2.65 bits per heavy atom. The van der Waals surface area contributed by atoms with Crippen LogP contribution in [0.5, 0.6) is 11.5 Å². The zero-order valence-electron chi connectivity index (χ0n) is 12.7. The van der Waals surface area contributed by atoms with Gasteiger partial charge in [-0.2, -0.15) is 0 Å². The van der Waals surface area contributed by atoms with Crippen LogP contribution in [-0.2, 0) is 14.6 Å². The maximum absolute atomic E-state index is 13.0. The van der Waals surface area contributed by atoms with Gasteiger partial charge in [0, 0.05) is 12.5 Å². The molecule has 1 atom stereocenters. The lowest BCUT2D eigenvalue weighted by molar-refractivity contribution is 0.179. The van der Waals surface area contributed by atoms with Crippen LogP contribution in [0.2, 0.25) is 5.02 Å². The minimum Gasteiger partial charge on any atom is -0.503 e. The number of sulfone groups is 1. The number of hydrogen-bond donors (Lipinski definition) is 2. The molecule has 23 heavy (non-hydrogen) atoms. The van der Waals surface area contributed by atoms with Crippen molar-refractivity contribution in [3.63, 3.8) is 0 Å². The van der Waals surface area contributed by atoms with Crippen molar-refractivity contribution in [2.45, 2.75) is 29.9 Å². The van der Waals surface area contributed by atoms with Crippen LogP contribution in [0.3, 0.4) is 0 Å². The summed E-state index contributed by atoms with van der Waals surface area (Å²) in [6, 6.07) is 2.40. The Balaban J connectivity index is 2.57. The number of ether oxygens (including phenoxy) is 2. The van der Waals surface area contributed by atoms with Gasteiger partial charge in [0.05, 0.1) is 16.4 Å². The lowest BCUT2D eigenvalue weighted by Gasteiger charge is -2.31. The number of phenols is 1. The number of aromatic hydroxyl groups is 1. The van der Waals surface area contributed by atoms with E-state index in [1.807, 2.05) is 0 Å². The van der Waals surface area contributed by atoms with Crippen LogP contribution in [0.25, 0.3) is 0 Å². The summed E-state index contributed by atoms with van der Waals surface area (Å²) >= 11 is 5.99. The monoisotopic (exact) mass is 363 g/mol. The SMILES string of the molecule is CC(C)([C@H]1CCOC1)S(=O)(=O)c1c(Cl)ccc(OC(N)=O)c1O. The highest BCUT2D eigenvalue weighted by Gasteiger charge is 2.46. The Morgan fingerprint density at radius 2 is 2.13 bits per heavy atom. The fourth-order valence-corrected chi connectivity index (χ4v) is 4.83. The highest BCUT2D eigenvalue weighted by Crippen LogP contribution is 2.45. The van der Waals surface area contributed by atoms with Crippen LogP contribution in [-0.4, -0.2) is 37.6 Å². The fraction of sp³-hybridized carbons (Fsp3) is 0.500. The summed E-state index contributed by atoms with van der Waals surface area (Å²) in [5.41, 5.74) is 4.90. The lowest BCUT2D eigenvalue weighted by atomic mass is 9.94. The number of rotatable bonds is 4. The molecule has 1 aromatic carbocycles. The van der Waals surface area contributed by atoms with Gasteiger partial charge >= 0.3 is 6.09 Å². The van der Waals surface area contributed by atoms with Gasteiger partial charge in [-0.1, -0.05) is 11.6 Å². The molecule has 0 aliphatic carbocycles. The Morgan fingerprint density at radius 1 is 1.48 bits per heavy atom. The summed E-state index contributed by atoms with van der Waals surface area (Å²) in [5.74, 6) is -1.34. The molecule has 0 saturated carbocycles. The Kier molecular flexibility index (Phi) is 4.79. The second-order valence-corrected chi connectivity index (χ2v) is 8.69. The van der Waals surface area contributed by atoms with Crippen LogP contribution in [0.1, 0.15) is 20.3 Å². The zero-order chi connectivity index (χ0) is 17.4. The average Bonchev–Trinajstić information content (AvgIpc) is 2.96. The molecule has 0 unspecified atom stereocenters. The summed E-state index contributed by atoms with van der Waals surface area (Å²) in [7, 11) is -4.04. The van der Waals surface area contributed by atoms with Gasteiger partial charge in [-0.05, 0) is 32.4 Å². The fourth-order valence-electron chi connectivity index (χ4n) is 2.54. The standard InChI is InChI=1S/C14H18ClNO6S/c1-14(2,8-5-6-21-7-8)23(19,20)12-9(15)3-4-10(11(12)17)22-13(16)18/h3-4,8,17H,5-7H2,1-2H3,(H2,16,18)/t8-/m0/s1. The van der Waals surface area contributed by atoms with Gasteiger partial charge in [0.25, 0.3) is 0 Å². The summed E-state index contributed by atoms with van der Waals surface area (Å²) in [5, 5.41) is 10.1. The zero-order valence-corrected chi connectivity index (χ0v) is 14.3. The predicted octanol–water partition coefficient (Wildman–Crippen LogP) is 2.09. The topological polar surface area (TPSA) is 116 Å². The highest BCUT2D eigenvalue weighted by molar-refractivity contribution is 7.93. The third-order valence-electron chi connectivity index (χ3n) is 4.13. The van der Waals surface area contributed by atoms with E-state index in [4.69, 9.17) is 22.1 Å². The van der Waals surface area contributed by atoms with Crippen molar-refractivity contribution in [3.05, 3.63) is 17.2 Å². The minimum absolute atomic E-state index is 0.161. The smallest absolute Gasteiger partial charge is 0.410 e. The second kappa shape index (κ2) is 6.18. The number of carbonyl (C=O) groups is 1. The molecule has 0 aromatic heterocycles. The van der Waals surface area contributed by atoms with Gasteiger partial charge in [0.15, 0.2) is 21.3 Å². The van der Waals surface area contributed by atoms with Gasteiger partial charge in [0.1, 0.15) is 4.90 Å². The van der Waals surface area contributed by atoms with Crippen LogP contribution >= 0.6 is 11.6 Å². The molecule has 7 nitrogen and oxygen atoms in total. The molecule has 0 spiro atoms. The highest BCUT2D eigenvalue weighted by atomic mass is 35.5. The Hall–Kier alpha value is -1.51. The summed E-state index contributed by atoms with van der Waals surface area (Å²) in [4.78, 5) is 10.4. The third-order valence-corrected chi connectivity index (χ3v) is 7.23. The first kappa shape index (κ1) is 17.8. The van der Waals surface area contributed by atoms with E-state index in [1.165, 1.54) is 12.1 Å². The first-order chi connectivity index (χ1) is 10.6. The maximum atomic E-state index is 13.0. The van der Waals surface area contributed by atoms with E-state index in [1.54, 1.807) is 13.8 Å². The van der Waals surface area contributed by atoms with E-state index in [2.05, 4.69) is 4.74 Å². The molecule has 1 amide bonds. The number of phenolic OH excluding ortho intramolecular Hbond substituents is 1. The second-order valence-electron chi connectivity index (χ2n) is 5.81. The molecule has 0 radical (unpaired) electrons. The number of carbonyl (C=O) groups excluding carboxylic acids is 1. The number of halogens is 1. The molecule has 1 heterocycles. The number of nitrogens with two attached hydrogens (primary N) is 1. The molecule has 1 aliphatic rings. The van der Waals surface area contributed by atoms with E-state index < -0.39 is 31.3 Å². The molecule has 1 saturated heterocycles. The van der Waals surface area contributed by atoms with Crippen molar-refractivity contribution in [1.82, 2.24) is 0 Å². The van der Waals surface area contributed by atoms with Crippen LogP contribution in [0, 0.1) is 5.92 Å². The first-order valence-corrected chi connectivity index (χ1v) is 8.76. The van der Waals surface area contributed by atoms with Gasteiger partial charge in [-0.25, -0.2) is 13.2 Å². The van der Waals surface area contributed by atoms with Gasteiger partial charge < -0.3 is 20.3 Å².